The molecule has 2 N–H and O–H groups in total. The van der Waals surface area contributed by atoms with Crippen LogP contribution in [0, 0.1) is 5.82 Å². The van der Waals surface area contributed by atoms with Crippen molar-refractivity contribution in [3.8, 4) is 11.5 Å². The Morgan fingerprint density at radius 1 is 1.11 bits per heavy atom. The number of ether oxygens (including phenoxy) is 2. The van der Waals surface area contributed by atoms with Crippen molar-refractivity contribution in [3.05, 3.63) is 58.4 Å². The lowest BCUT2D eigenvalue weighted by Crippen LogP contribution is -2.40. The summed E-state index contributed by atoms with van der Waals surface area (Å²) < 4.78 is 24.2. The molecular formula is C20H22ClFN2O3S. The first-order valence-electron chi connectivity index (χ1n) is 8.87. The lowest BCUT2D eigenvalue weighted by Gasteiger charge is -2.13. The minimum atomic E-state index is -0.510. The van der Waals surface area contributed by atoms with Crippen LogP contribution in [0.25, 0.3) is 0 Å². The van der Waals surface area contributed by atoms with Gasteiger partial charge in [-0.3, -0.25) is 10.1 Å². The van der Waals surface area contributed by atoms with E-state index in [1.54, 1.807) is 0 Å². The summed E-state index contributed by atoms with van der Waals surface area (Å²) in [4.78, 5) is 12.2. The molecule has 0 aliphatic carbocycles. The van der Waals surface area contributed by atoms with Gasteiger partial charge in [-0.05, 0) is 68.4 Å². The molecule has 28 heavy (non-hydrogen) atoms. The van der Waals surface area contributed by atoms with E-state index in [9.17, 15) is 9.18 Å². The van der Waals surface area contributed by atoms with Crippen LogP contribution in [-0.4, -0.2) is 30.8 Å². The Hall–Kier alpha value is -2.38. The number of amides is 1. The summed E-state index contributed by atoms with van der Waals surface area (Å²) >= 11 is 11.0. The summed E-state index contributed by atoms with van der Waals surface area (Å²) in [6.07, 6.45) is 0.666. The maximum atomic E-state index is 13.1. The van der Waals surface area contributed by atoms with Crippen molar-refractivity contribution in [2.45, 2.75) is 20.3 Å². The summed E-state index contributed by atoms with van der Waals surface area (Å²) in [5, 5.41) is 5.69. The van der Waals surface area contributed by atoms with Crippen LogP contribution in [0.1, 0.15) is 29.8 Å². The number of hydrogen-bond donors (Lipinski definition) is 2. The number of halogens is 2. The van der Waals surface area contributed by atoms with Gasteiger partial charge < -0.3 is 14.8 Å². The first-order chi connectivity index (χ1) is 13.4. The molecule has 0 radical (unpaired) electrons. The Balaban J connectivity index is 1.87. The van der Waals surface area contributed by atoms with E-state index in [0.717, 1.165) is 11.6 Å². The Morgan fingerprint density at radius 3 is 2.50 bits per heavy atom. The van der Waals surface area contributed by atoms with Crippen LogP contribution in [0.15, 0.2) is 36.4 Å². The number of rotatable bonds is 8. The van der Waals surface area contributed by atoms with Gasteiger partial charge in [-0.2, -0.15) is 0 Å². The molecule has 1 amide bonds. The molecule has 0 heterocycles. The lowest BCUT2D eigenvalue weighted by molar-refractivity contribution is 0.0977. The molecule has 2 aromatic rings. The van der Waals surface area contributed by atoms with E-state index < -0.39 is 11.7 Å². The van der Waals surface area contributed by atoms with E-state index in [-0.39, 0.29) is 15.7 Å². The molecule has 0 unspecified atom stereocenters. The third-order valence-electron chi connectivity index (χ3n) is 3.71. The molecule has 0 aliphatic heterocycles. The summed E-state index contributed by atoms with van der Waals surface area (Å²) in [5.74, 6) is 0.398. The standard InChI is InChI=1S/C20H22ClFN2O3S/c1-3-26-17-8-5-13(11-18(17)27-4-2)9-10-23-20(28)24-19(25)15-7-6-14(22)12-16(15)21/h5-8,11-12H,3-4,9-10H2,1-2H3,(H2,23,24,25,28). The van der Waals surface area contributed by atoms with E-state index in [1.807, 2.05) is 32.0 Å². The third-order valence-corrected chi connectivity index (χ3v) is 4.27. The van der Waals surface area contributed by atoms with Crippen molar-refractivity contribution in [3.63, 3.8) is 0 Å². The molecule has 0 atom stereocenters. The SMILES string of the molecule is CCOc1ccc(CCNC(=S)NC(=O)c2ccc(F)cc2Cl)cc1OCC. The van der Waals surface area contributed by atoms with Gasteiger partial charge in [0, 0.05) is 6.54 Å². The van der Waals surface area contributed by atoms with Crippen molar-refractivity contribution in [2.75, 3.05) is 19.8 Å². The Morgan fingerprint density at radius 2 is 1.82 bits per heavy atom. The first-order valence-corrected chi connectivity index (χ1v) is 9.66. The zero-order chi connectivity index (χ0) is 20.5. The fraction of sp³-hybridized carbons (Fsp3) is 0.300. The largest absolute Gasteiger partial charge is 0.490 e. The molecule has 8 heteroatoms. The maximum absolute atomic E-state index is 13.1. The van der Waals surface area contributed by atoms with Crippen molar-refractivity contribution in [2.24, 2.45) is 0 Å². The van der Waals surface area contributed by atoms with Gasteiger partial charge in [-0.1, -0.05) is 17.7 Å². The Labute approximate surface area is 174 Å². The second kappa shape index (κ2) is 10.8. The van der Waals surface area contributed by atoms with Crippen LogP contribution in [-0.2, 0) is 6.42 Å². The van der Waals surface area contributed by atoms with E-state index in [4.69, 9.17) is 33.3 Å². The zero-order valence-electron chi connectivity index (χ0n) is 15.7. The molecule has 0 saturated heterocycles. The molecular weight excluding hydrogens is 403 g/mol. The summed E-state index contributed by atoms with van der Waals surface area (Å²) in [6, 6.07) is 9.31. The first kappa shape index (κ1) is 21.9. The molecule has 2 rings (SSSR count). The Bertz CT molecular complexity index is 848. The zero-order valence-corrected chi connectivity index (χ0v) is 17.3. The van der Waals surface area contributed by atoms with Crippen LogP contribution in [0.3, 0.4) is 0 Å². The number of nitrogens with one attached hydrogen (secondary N) is 2. The minimum absolute atomic E-state index is 0.0261. The van der Waals surface area contributed by atoms with Crippen molar-refractivity contribution in [1.82, 2.24) is 10.6 Å². The average Bonchev–Trinajstić information content (AvgIpc) is 2.64. The monoisotopic (exact) mass is 424 g/mol. The van der Waals surface area contributed by atoms with Crippen molar-refractivity contribution >= 4 is 34.8 Å². The predicted octanol–water partition coefficient (Wildman–Crippen LogP) is 4.12. The smallest absolute Gasteiger partial charge is 0.258 e. The highest BCUT2D eigenvalue weighted by molar-refractivity contribution is 7.80. The predicted molar refractivity (Wildman–Crippen MR) is 112 cm³/mol. The topological polar surface area (TPSA) is 59.6 Å². The van der Waals surface area contributed by atoms with E-state index in [1.165, 1.54) is 12.1 Å². The van der Waals surface area contributed by atoms with Crippen LogP contribution in [0.4, 0.5) is 4.39 Å². The number of hydrogen-bond acceptors (Lipinski definition) is 4. The number of carbonyl (C=O) groups is 1. The molecule has 0 fully saturated rings. The molecule has 0 aromatic heterocycles. The number of benzene rings is 2. The second-order valence-corrected chi connectivity index (χ2v) is 6.55. The molecule has 150 valence electrons. The van der Waals surface area contributed by atoms with Gasteiger partial charge in [0.05, 0.1) is 23.8 Å². The Kier molecular flexibility index (Phi) is 8.47. The second-order valence-electron chi connectivity index (χ2n) is 5.73. The highest BCUT2D eigenvalue weighted by Crippen LogP contribution is 2.28. The van der Waals surface area contributed by atoms with Gasteiger partial charge in [0.1, 0.15) is 5.82 Å². The number of thiocarbonyl (C=S) groups is 1. The molecule has 0 aliphatic rings. The number of carbonyl (C=O) groups excluding carboxylic acids is 1. The molecule has 0 bridgehead atoms. The fourth-order valence-corrected chi connectivity index (χ4v) is 2.91. The van der Waals surface area contributed by atoms with Crippen LogP contribution in [0.2, 0.25) is 5.02 Å². The van der Waals surface area contributed by atoms with Crippen molar-refractivity contribution in [1.29, 1.82) is 0 Å². The molecule has 2 aromatic carbocycles. The van der Waals surface area contributed by atoms with Gasteiger partial charge in [-0.15, -0.1) is 0 Å². The van der Waals surface area contributed by atoms with E-state index in [0.29, 0.717) is 37.7 Å². The highest BCUT2D eigenvalue weighted by atomic mass is 35.5. The lowest BCUT2D eigenvalue weighted by atomic mass is 10.1. The van der Waals surface area contributed by atoms with Gasteiger partial charge in [0.2, 0.25) is 0 Å². The quantitative estimate of drug-likeness (QED) is 0.624. The molecule has 0 saturated carbocycles. The van der Waals surface area contributed by atoms with Gasteiger partial charge in [0.15, 0.2) is 16.6 Å². The molecule has 5 nitrogen and oxygen atoms in total. The van der Waals surface area contributed by atoms with Crippen LogP contribution in [0.5, 0.6) is 11.5 Å². The summed E-state index contributed by atoms with van der Waals surface area (Å²) in [5.41, 5.74) is 1.19. The van der Waals surface area contributed by atoms with Crippen molar-refractivity contribution < 1.29 is 18.7 Å². The van der Waals surface area contributed by atoms with Gasteiger partial charge in [0.25, 0.3) is 5.91 Å². The minimum Gasteiger partial charge on any atom is -0.490 e. The maximum Gasteiger partial charge on any atom is 0.258 e. The normalized spacial score (nSPS) is 10.3. The van der Waals surface area contributed by atoms with Gasteiger partial charge in [-0.25, -0.2) is 4.39 Å². The van der Waals surface area contributed by atoms with Crippen LogP contribution >= 0.6 is 23.8 Å². The summed E-state index contributed by atoms with van der Waals surface area (Å²) in [6.45, 7) is 5.45. The molecule has 0 spiro atoms. The van der Waals surface area contributed by atoms with E-state index in [2.05, 4.69) is 10.6 Å². The third kappa shape index (κ3) is 6.35. The fourth-order valence-electron chi connectivity index (χ4n) is 2.46. The van der Waals surface area contributed by atoms with E-state index >= 15 is 0 Å². The van der Waals surface area contributed by atoms with Crippen LogP contribution < -0.4 is 20.1 Å². The highest BCUT2D eigenvalue weighted by Gasteiger charge is 2.12. The van der Waals surface area contributed by atoms with Gasteiger partial charge >= 0.3 is 0 Å². The average molecular weight is 425 g/mol. The summed E-state index contributed by atoms with van der Waals surface area (Å²) in [7, 11) is 0.